The van der Waals surface area contributed by atoms with E-state index >= 15 is 0 Å². The highest BCUT2D eigenvalue weighted by molar-refractivity contribution is 6.33. The second-order valence-corrected chi connectivity index (χ2v) is 6.15. The molecule has 0 bridgehead atoms. The highest BCUT2D eigenvalue weighted by atomic mass is 35.5. The number of nitrogens with zero attached hydrogens (tertiary/aromatic N) is 2. The van der Waals surface area contributed by atoms with Gasteiger partial charge in [0.15, 0.2) is 11.8 Å². The largest absolute Gasteiger partial charge is 0.479 e. The summed E-state index contributed by atoms with van der Waals surface area (Å²) in [7, 11) is 0. The van der Waals surface area contributed by atoms with Crippen molar-refractivity contribution in [3.05, 3.63) is 0 Å². The van der Waals surface area contributed by atoms with Gasteiger partial charge in [0.1, 0.15) is 0 Å². The molecule has 2 saturated heterocycles. The molecule has 0 aromatic rings. The second-order valence-electron chi connectivity index (χ2n) is 5.16. The molecule has 0 aliphatic carbocycles. The van der Waals surface area contributed by atoms with Crippen molar-refractivity contribution in [2.45, 2.75) is 57.5 Å². The molecule has 2 rings (SSSR count). The quantitative estimate of drug-likeness (QED) is 0.347. The van der Waals surface area contributed by atoms with Crippen molar-refractivity contribution in [1.29, 1.82) is 0 Å². The Labute approximate surface area is 134 Å². The average molecular weight is 339 g/mol. The fraction of sp³-hybridized carbons (Fsp3) is 0.769. The van der Waals surface area contributed by atoms with Gasteiger partial charge in [0, 0.05) is 25.4 Å². The molecular weight excluding hydrogens is 319 g/mol. The average Bonchev–Trinajstić information content (AvgIpc) is 2.67. The number of hydrogen-bond acceptors (Lipinski definition) is 4. The molecule has 2 unspecified atom stereocenters. The van der Waals surface area contributed by atoms with Crippen LogP contribution in [0.3, 0.4) is 0 Å². The molecule has 8 heteroatoms. The molecule has 2 heterocycles. The summed E-state index contributed by atoms with van der Waals surface area (Å²) < 4.78 is 1.19. The van der Waals surface area contributed by atoms with Crippen LogP contribution in [-0.4, -0.2) is 50.2 Å². The highest BCUT2D eigenvalue weighted by Crippen LogP contribution is 2.32. The molecule has 2 aliphatic rings. The summed E-state index contributed by atoms with van der Waals surface area (Å²) in [4.78, 5) is 33.6. The summed E-state index contributed by atoms with van der Waals surface area (Å²) in [5, 5.41) is 8.61. The van der Waals surface area contributed by atoms with Crippen molar-refractivity contribution < 1.29 is 19.5 Å². The number of carboxylic acids is 1. The number of hydrogen-bond donors (Lipinski definition) is 1. The molecule has 120 valence electrons. The predicted octanol–water partition coefficient (Wildman–Crippen LogP) is 2.19. The number of rotatable bonds is 6. The summed E-state index contributed by atoms with van der Waals surface area (Å²) in [5.41, 5.74) is 0. The lowest BCUT2D eigenvalue weighted by Gasteiger charge is -2.35. The summed E-state index contributed by atoms with van der Waals surface area (Å²) in [5.74, 6) is -1.79. The molecule has 2 atom stereocenters. The maximum atomic E-state index is 11.0. The smallest absolute Gasteiger partial charge is 0.334 e. The van der Waals surface area contributed by atoms with E-state index in [9.17, 15) is 14.4 Å². The van der Waals surface area contributed by atoms with E-state index in [4.69, 9.17) is 28.7 Å². The third-order valence-corrected chi connectivity index (χ3v) is 3.86. The van der Waals surface area contributed by atoms with Crippen LogP contribution in [0.5, 0.6) is 0 Å². The van der Waals surface area contributed by atoms with E-state index in [1.165, 1.54) is 28.1 Å². The highest BCUT2D eigenvalue weighted by Gasteiger charge is 2.53. The summed E-state index contributed by atoms with van der Waals surface area (Å²) in [6.45, 7) is 2.96. The van der Waals surface area contributed by atoms with Crippen LogP contribution in [0.25, 0.3) is 0 Å². The van der Waals surface area contributed by atoms with E-state index in [1.54, 1.807) is 0 Å². The Hall–Kier alpha value is -0.850. The number of carboxylic acid groups (broad SMARTS) is 1. The van der Waals surface area contributed by atoms with E-state index in [0.717, 1.165) is 13.0 Å². The van der Waals surface area contributed by atoms with Crippen molar-refractivity contribution in [3.8, 4) is 0 Å². The Morgan fingerprint density at radius 1 is 1.29 bits per heavy atom. The van der Waals surface area contributed by atoms with E-state index in [-0.39, 0.29) is 24.2 Å². The van der Waals surface area contributed by atoms with Crippen LogP contribution < -0.4 is 0 Å². The standard InChI is InChI=1S/C7H7NO4.C6H13Cl2N/c9-4-1-3-2-5(10)8(3)6(4)7(11)12;1-2-3-4-5-6-9(7)8/h3,6H,1-2H2,(H,11,12);2-6H2,1H3. The first kappa shape index (κ1) is 18.2. The zero-order valence-corrected chi connectivity index (χ0v) is 13.4. The predicted molar refractivity (Wildman–Crippen MR) is 78.9 cm³/mol. The van der Waals surface area contributed by atoms with Crippen molar-refractivity contribution in [1.82, 2.24) is 8.84 Å². The van der Waals surface area contributed by atoms with Crippen LogP contribution in [0, 0.1) is 0 Å². The zero-order valence-electron chi connectivity index (χ0n) is 11.9. The summed E-state index contributed by atoms with van der Waals surface area (Å²) in [6.07, 6.45) is 5.40. The van der Waals surface area contributed by atoms with Gasteiger partial charge >= 0.3 is 5.97 Å². The van der Waals surface area contributed by atoms with E-state index in [2.05, 4.69) is 6.92 Å². The molecule has 0 spiro atoms. The lowest BCUT2D eigenvalue weighted by molar-refractivity contribution is -0.158. The van der Waals surface area contributed by atoms with Gasteiger partial charge in [0.2, 0.25) is 5.91 Å². The van der Waals surface area contributed by atoms with E-state index in [0.29, 0.717) is 6.42 Å². The van der Waals surface area contributed by atoms with Crippen LogP contribution in [0.4, 0.5) is 0 Å². The van der Waals surface area contributed by atoms with Gasteiger partial charge in [-0.1, -0.05) is 26.2 Å². The van der Waals surface area contributed by atoms with Gasteiger partial charge < -0.3 is 10.0 Å². The molecule has 2 aliphatic heterocycles. The number of fused-ring (bicyclic) bond motifs is 1. The lowest BCUT2D eigenvalue weighted by atomic mass is 10.0. The third-order valence-electron chi connectivity index (χ3n) is 3.53. The minimum atomic E-state index is -1.21. The first-order valence-corrected chi connectivity index (χ1v) is 7.71. The number of ketones is 1. The SMILES string of the molecule is CCCCCCN(Cl)Cl.O=C(O)C1C(=O)CC2CC(=O)N21. The number of carbonyl (C=O) groups excluding carboxylic acids is 2. The summed E-state index contributed by atoms with van der Waals surface area (Å²) >= 11 is 10.7. The molecule has 0 aromatic carbocycles. The van der Waals surface area contributed by atoms with Crippen LogP contribution in [0.1, 0.15) is 45.4 Å². The third kappa shape index (κ3) is 5.13. The maximum Gasteiger partial charge on any atom is 0.334 e. The molecule has 0 radical (unpaired) electrons. The van der Waals surface area contributed by atoms with E-state index in [1.807, 2.05) is 0 Å². The fourth-order valence-corrected chi connectivity index (χ4v) is 2.67. The molecule has 1 N–H and O–H groups in total. The topological polar surface area (TPSA) is 77.9 Å². The van der Waals surface area contributed by atoms with Gasteiger partial charge in [-0.15, -0.1) is 3.94 Å². The second kappa shape index (κ2) is 8.56. The van der Waals surface area contributed by atoms with Crippen molar-refractivity contribution in [2.75, 3.05) is 6.54 Å². The maximum absolute atomic E-state index is 11.0. The van der Waals surface area contributed by atoms with Crippen LogP contribution >= 0.6 is 23.6 Å². The molecule has 2 fully saturated rings. The molecule has 0 saturated carbocycles. The first-order chi connectivity index (χ1) is 9.88. The molecule has 0 aromatic heterocycles. The fourth-order valence-electron chi connectivity index (χ4n) is 2.44. The molecule has 1 amide bonds. The van der Waals surface area contributed by atoms with E-state index < -0.39 is 12.0 Å². The Bertz CT molecular complexity index is 404. The number of amides is 1. The van der Waals surface area contributed by atoms with Gasteiger partial charge in [0.05, 0.1) is 0 Å². The Balaban J connectivity index is 0.000000222. The Morgan fingerprint density at radius 3 is 2.38 bits per heavy atom. The van der Waals surface area contributed by atoms with Gasteiger partial charge in [-0.25, -0.2) is 4.79 Å². The van der Waals surface area contributed by atoms with Crippen LogP contribution in [-0.2, 0) is 14.4 Å². The molecule has 6 nitrogen and oxygen atoms in total. The van der Waals surface area contributed by atoms with Crippen molar-refractivity contribution >= 4 is 41.2 Å². The van der Waals surface area contributed by atoms with Crippen molar-refractivity contribution in [3.63, 3.8) is 0 Å². The number of Topliss-reactive ketones (excluding diaryl/α,β-unsaturated/α-hetero) is 1. The van der Waals surface area contributed by atoms with Crippen molar-refractivity contribution in [2.24, 2.45) is 0 Å². The molecular formula is C13H20Cl2N2O4. The normalized spacial score (nSPS) is 23.5. The Kier molecular flexibility index (Phi) is 7.42. The minimum absolute atomic E-state index is 0.133. The lowest BCUT2D eigenvalue weighted by Crippen LogP contribution is -2.55. The number of β-lactam (4-membered cyclic amide) rings is 1. The number of unbranched alkanes of at least 4 members (excludes halogenated alkanes) is 3. The van der Waals surface area contributed by atoms with Gasteiger partial charge in [-0.3, -0.25) is 9.59 Å². The summed E-state index contributed by atoms with van der Waals surface area (Å²) in [6, 6.07) is -1.33. The number of carbonyl (C=O) groups is 3. The van der Waals surface area contributed by atoms with Gasteiger partial charge in [-0.2, -0.15) is 0 Å². The molecule has 21 heavy (non-hydrogen) atoms. The van der Waals surface area contributed by atoms with Crippen LogP contribution in [0.2, 0.25) is 0 Å². The number of halogens is 2. The first-order valence-electron chi connectivity index (χ1n) is 7.04. The number of aliphatic carboxylic acids is 1. The minimum Gasteiger partial charge on any atom is -0.479 e. The van der Waals surface area contributed by atoms with Gasteiger partial charge in [-0.05, 0) is 30.0 Å². The van der Waals surface area contributed by atoms with Crippen LogP contribution in [0.15, 0.2) is 0 Å². The zero-order chi connectivity index (χ0) is 16.0. The monoisotopic (exact) mass is 338 g/mol. The van der Waals surface area contributed by atoms with Gasteiger partial charge in [0.25, 0.3) is 0 Å². The Morgan fingerprint density at radius 2 is 1.95 bits per heavy atom.